The average Bonchev–Trinajstić information content (AvgIpc) is 3.33. The molecule has 9 atom stereocenters. The van der Waals surface area contributed by atoms with Gasteiger partial charge in [-0.05, 0) is 91.3 Å². The summed E-state index contributed by atoms with van der Waals surface area (Å²) in [6.45, 7) is 11.9. The molecule has 4 saturated carbocycles. The van der Waals surface area contributed by atoms with Crippen molar-refractivity contribution in [2.75, 3.05) is 6.26 Å². The number of aliphatic hydroxyl groups excluding tert-OH is 1. The molecule has 4 fully saturated rings. The summed E-state index contributed by atoms with van der Waals surface area (Å²) in [6, 6.07) is 0. The summed E-state index contributed by atoms with van der Waals surface area (Å²) in [5, 5.41) is 26.2. The van der Waals surface area contributed by atoms with Crippen molar-refractivity contribution in [1.82, 2.24) is 9.78 Å². The van der Waals surface area contributed by atoms with Gasteiger partial charge in [0.15, 0.2) is 9.84 Å². The second kappa shape index (κ2) is 9.95. The summed E-state index contributed by atoms with van der Waals surface area (Å²) in [5.41, 5.74) is -0.139. The quantitative estimate of drug-likeness (QED) is 0.437. The van der Waals surface area contributed by atoms with Crippen molar-refractivity contribution >= 4 is 9.84 Å². The number of fused-ring (bicyclic) bond motifs is 5. The molecule has 4 aliphatic rings. The molecule has 8 heteroatoms. The first-order valence-corrected chi connectivity index (χ1v) is 15.1. The normalized spacial score (nSPS) is 44.9. The molecule has 202 valence electrons. The van der Waals surface area contributed by atoms with Crippen LogP contribution in [0.15, 0.2) is 17.3 Å². The van der Waals surface area contributed by atoms with Crippen molar-refractivity contribution in [3.8, 4) is 0 Å². The van der Waals surface area contributed by atoms with Gasteiger partial charge in [0.25, 0.3) is 0 Å². The molecule has 6 nitrogen and oxygen atoms in total. The molecular formula is C28H46N2O4SU. The Morgan fingerprint density at radius 1 is 1.06 bits per heavy atom. The zero-order valence-corrected chi connectivity index (χ0v) is 27.8. The maximum absolute atomic E-state index is 11.8. The summed E-state index contributed by atoms with van der Waals surface area (Å²) in [4.78, 5) is 0.204. The predicted molar refractivity (Wildman–Crippen MR) is 138 cm³/mol. The Hall–Kier alpha value is 0.132. The Bertz CT molecular complexity index is 1060. The Morgan fingerprint density at radius 2 is 1.69 bits per heavy atom. The van der Waals surface area contributed by atoms with Gasteiger partial charge >= 0.3 is 31.1 Å². The van der Waals surface area contributed by atoms with Crippen LogP contribution in [0.1, 0.15) is 78.6 Å². The molecule has 1 unspecified atom stereocenters. The molecule has 0 aliphatic heterocycles. The van der Waals surface area contributed by atoms with Crippen LogP contribution in [0.4, 0.5) is 0 Å². The molecule has 0 radical (unpaired) electrons. The summed E-state index contributed by atoms with van der Waals surface area (Å²) in [5.74, 6) is 1.99. The number of nitrogens with zero attached hydrogens (tertiary/aromatic N) is 2. The molecule has 0 amide bonds. The monoisotopic (exact) mass is 744 g/mol. The molecule has 1 aromatic heterocycles. The maximum Gasteiger partial charge on any atom is 2.00 e. The van der Waals surface area contributed by atoms with Crippen molar-refractivity contribution in [2.45, 2.75) is 102 Å². The van der Waals surface area contributed by atoms with Crippen molar-refractivity contribution < 1.29 is 49.7 Å². The molecule has 0 spiro atoms. The van der Waals surface area contributed by atoms with Crippen LogP contribution in [0, 0.1) is 85.4 Å². The minimum Gasteiger partial charge on any atom is -0.422 e. The number of hydrogen-bond donors (Lipinski definition) is 2. The van der Waals surface area contributed by atoms with Crippen LogP contribution in [-0.4, -0.2) is 46.4 Å². The molecule has 36 heavy (non-hydrogen) atoms. The fourth-order valence-electron chi connectivity index (χ4n) is 9.63. The smallest absolute Gasteiger partial charge is 0.422 e. The van der Waals surface area contributed by atoms with E-state index in [9.17, 15) is 18.6 Å². The van der Waals surface area contributed by atoms with Crippen LogP contribution in [0.25, 0.3) is 0 Å². The van der Waals surface area contributed by atoms with E-state index < -0.39 is 21.5 Å². The minimum absolute atomic E-state index is 0. The Kier molecular flexibility index (Phi) is 8.48. The van der Waals surface area contributed by atoms with Gasteiger partial charge in [0.2, 0.25) is 0 Å². The van der Waals surface area contributed by atoms with Gasteiger partial charge in [-0.3, -0.25) is 4.68 Å². The fourth-order valence-corrected chi connectivity index (χ4v) is 10.2. The first-order valence-electron chi connectivity index (χ1n) is 13.2. The van der Waals surface area contributed by atoms with E-state index in [1.54, 1.807) is 10.9 Å². The average molecular weight is 745 g/mol. The van der Waals surface area contributed by atoms with E-state index in [2.05, 4.69) is 32.8 Å². The third-order valence-corrected chi connectivity index (χ3v) is 12.4. The van der Waals surface area contributed by atoms with Gasteiger partial charge in [-0.2, -0.15) is 5.10 Å². The van der Waals surface area contributed by atoms with Gasteiger partial charge < -0.3 is 24.6 Å². The van der Waals surface area contributed by atoms with Gasteiger partial charge in [0, 0.05) is 12.5 Å². The number of hydrogen-bond acceptors (Lipinski definition) is 5. The molecule has 1 heterocycles. The zero-order chi connectivity index (χ0) is 24.7. The van der Waals surface area contributed by atoms with Gasteiger partial charge in [0.05, 0.1) is 18.8 Å². The van der Waals surface area contributed by atoms with Gasteiger partial charge in [-0.15, -0.1) is 0 Å². The molecule has 0 bridgehead atoms. The molecule has 5 rings (SSSR count). The second-order valence-electron chi connectivity index (χ2n) is 13.2. The Balaban J connectivity index is 0.00000180. The first-order chi connectivity index (χ1) is 15.7. The summed E-state index contributed by atoms with van der Waals surface area (Å²) in [7, 11) is -3.30. The molecule has 0 saturated heterocycles. The molecule has 1 aromatic rings. The molecule has 0 aromatic carbocycles. The van der Waals surface area contributed by atoms with Crippen LogP contribution in [-0.2, 0) is 16.4 Å². The van der Waals surface area contributed by atoms with E-state index in [1.165, 1.54) is 31.7 Å². The summed E-state index contributed by atoms with van der Waals surface area (Å²) >= 11 is 0. The van der Waals surface area contributed by atoms with E-state index in [0.29, 0.717) is 24.3 Å². The molecule has 2 N–H and O–H groups in total. The van der Waals surface area contributed by atoms with Crippen LogP contribution < -0.4 is 0 Å². The van der Waals surface area contributed by atoms with E-state index in [-0.39, 0.29) is 65.6 Å². The summed E-state index contributed by atoms with van der Waals surface area (Å²) in [6.07, 6.45) is 13.1. The SMILES string of the molecule is [CH2-][C@@]1(O)CC[C@@]2(C)[C@@H](CC[C@]3(C)[C@@H]2CC[C@@]2(C)[C@H]3CC[C@@H]2C(O)Cn2cc(S(C)(=O)=O)cn2)C1.[CH3-].[U+2]. The topological polar surface area (TPSA) is 92.4 Å². The number of aliphatic hydroxyl groups is 2. The standard InChI is InChI=1S/C27H43N2O4S.CH3.U/c1-24(31)12-13-25(2)18(14-24)8-10-27(4)22-7-6-20(26(22,3)11-9-23(25)27)21(30)17-29-16-19(15-28-29)34(5,32)33;;/h15-16,18,20-23,30-31H,1,6-14,17H2,2-5H3;1H3;/q2*-1;+2/t18-,20+,21?,22+,23+,24+,25-,26+,27-;;/m0../s1. The van der Waals surface area contributed by atoms with E-state index in [1.807, 2.05) is 0 Å². The predicted octanol–water partition coefficient (Wildman–Crippen LogP) is 4.71. The van der Waals surface area contributed by atoms with Crippen LogP contribution >= 0.6 is 0 Å². The van der Waals surface area contributed by atoms with Gasteiger partial charge in [-0.1, -0.05) is 32.8 Å². The van der Waals surface area contributed by atoms with Crippen molar-refractivity contribution in [3.05, 3.63) is 26.7 Å². The van der Waals surface area contributed by atoms with Crippen LogP contribution in [0.3, 0.4) is 0 Å². The first kappa shape index (κ1) is 30.7. The molecule has 4 aliphatic carbocycles. The summed E-state index contributed by atoms with van der Waals surface area (Å²) < 4.78 is 25.2. The third-order valence-electron chi connectivity index (χ3n) is 11.4. The Morgan fingerprint density at radius 3 is 2.33 bits per heavy atom. The largest absolute Gasteiger partial charge is 2.00 e. The van der Waals surface area contributed by atoms with Gasteiger partial charge in [-0.25, -0.2) is 8.42 Å². The third kappa shape index (κ3) is 4.82. The molecular weight excluding hydrogens is 698 g/mol. The number of rotatable bonds is 4. The van der Waals surface area contributed by atoms with E-state index in [0.717, 1.165) is 38.5 Å². The Labute approximate surface area is 242 Å². The van der Waals surface area contributed by atoms with E-state index >= 15 is 0 Å². The van der Waals surface area contributed by atoms with Crippen LogP contribution in [0.5, 0.6) is 0 Å². The second-order valence-corrected chi connectivity index (χ2v) is 15.3. The van der Waals surface area contributed by atoms with Crippen molar-refractivity contribution in [1.29, 1.82) is 0 Å². The fraction of sp³-hybridized carbons (Fsp3) is 0.821. The van der Waals surface area contributed by atoms with Gasteiger partial charge in [0.1, 0.15) is 4.90 Å². The van der Waals surface area contributed by atoms with Crippen molar-refractivity contribution in [3.63, 3.8) is 0 Å². The number of sulfone groups is 1. The van der Waals surface area contributed by atoms with Crippen molar-refractivity contribution in [2.24, 2.45) is 39.9 Å². The van der Waals surface area contributed by atoms with Crippen LogP contribution in [0.2, 0.25) is 0 Å². The minimum atomic E-state index is -3.30. The van der Waals surface area contributed by atoms with E-state index in [4.69, 9.17) is 0 Å². The maximum atomic E-state index is 11.8. The zero-order valence-electron chi connectivity index (χ0n) is 22.8. The number of aromatic nitrogens is 2.